The molecule has 1 amide bonds. The van der Waals surface area contributed by atoms with E-state index in [1.807, 2.05) is 0 Å². The van der Waals surface area contributed by atoms with Gasteiger partial charge in [-0.3, -0.25) is 4.79 Å². The van der Waals surface area contributed by atoms with Crippen molar-refractivity contribution in [3.63, 3.8) is 0 Å². The first kappa shape index (κ1) is 15.0. The number of hydrogen-bond donors (Lipinski definition) is 1. The normalized spacial score (nSPS) is 12.2. The SMILES string of the molecule is CCCC[C@@H](CC)CNC(=O)c1ccc(Cl)nc1. The highest BCUT2D eigenvalue weighted by molar-refractivity contribution is 6.29. The predicted octanol–water partition coefficient (Wildman–Crippen LogP) is 3.68. The average Bonchev–Trinajstić information content (AvgIpc) is 2.39. The Morgan fingerprint density at radius 1 is 1.44 bits per heavy atom. The molecule has 3 nitrogen and oxygen atoms in total. The fourth-order valence-corrected chi connectivity index (χ4v) is 1.90. The van der Waals surface area contributed by atoms with Crippen molar-refractivity contribution in [2.45, 2.75) is 39.5 Å². The van der Waals surface area contributed by atoms with E-state index in [1.165, 1.54) is 25.5 Å². The lowest BCUT2D eigenvalue weighted by Gasteiger charge is -2.15. The minimum absolute atomic E-state index is 0.0749. The summed E-state index contributed by atoms with van der Waals surface area (Å²) >= 11 is 5.68. The van der Waals surface area contributed by atoms with E-state index in [4.69, 9.17) is 11.6 Å². The average molecular weight is 269 g/mol. The molecule has 18 heavy (non-hydrogen) atoms. The number of pyridine rings is 1. The molecule has 0 fully saturated rings. The van der Waals surface area contributed by atoms with Gasteiger partial charge in [-0.2, -0.15) is 0 Å². The third-order valence-electron chi connectivity index (χ3n) is 3.08. The Kier molecular flexibility index (Phi) is 6.73. The van der Waals surface area contributed by atoms with Crippen LogP contribution in [0.3, 0.4) is 0 Å². The van der Waals surface area contributed by atoms with E-state index in [0.717, 1.165) is 13.0 Å². The molecule has 0 saturated heterocycles. The monoisotopic (exact) mass is 268 g/mol. The van der Waals surface area contributed by atoms with E-state index in [0.29, 0.717) is 16.6 Å². The number of amides is 1. The van der Waals surface area contributed by atoms with Gasteiger partial charge in [0.15, 0.2) is 0 Å². The van der Waals surface area contributed by atoms with E-state index in [2.05, 4.69) is 24.1 Å². The molecule has 1 heterocycles. The summed E-state index contributed by atoms with van der Waals surface area (Å²) in [6.45, 7) is 5.08. The Balaban J connectivity index is 2.42. The van der Waals surface area contributed by atoms with Crippen LogP contribution in [0.25, 0.3) is 0 Å². The Labute approximate surface area is 114 Å². The summed E-state index contributed by atoms with van der Waals surface area (Å²) in [5, 5.41) is 3.36. The standard InChI is InChI=1S/C14H21ClN2O/c1-3-5-6-11(4-2)9-17-14(18)12-7-8-13(15)16-10-12/h7-8,10-11H,3-6,9H2,1-2H3,(H,17,18)/t11-/m1/s1. The van der Waals surface area contributed by atoms with Crippen LogP contribution in [0.5, 0.6) is 0 Å². The van der Waals surface area contributed by atoms with E-state index in [9.17, 15) is 4.79 Å². The molecule has 0 spiro atoms. The van der Waals surface area contributed by atoms with E-state index in [1.54, 1.807) is 12.1 Å². The number of halogens is 1. The number of hydrogen-bond acceptors (Lipinski definition) is 2. The summed E-state index contributed by atoms with van der Waals surface area (Å²) in [6.07, 6.45) is 6.19. The van der Waals surface area contributed by atoms with Crippen LogP contribution < -0.4 is 5.32 Å². The summed E-state index contributed by atoms with van der Waals surface area (Å²) in [7, 11) is 0. The number of carbonyl (C=O) groups excluding carboxylic acids is 1. The molecule has 4 heteroatoms. The van der Waals surface area contributed by atoms with Crippen LogP contribution in [-0.4, -0.2) is 17.4 Å². The predicted molar refractivity (Wildman–Crippen MR) is 74.9 cm³/mol. The Bertz CT molecular complexity index is 365. The van der Waals surface area contributed by atoms with Gasteiger partial charge in [-0.15, -0.1) is 0 Å². The van der Waals surface area contributed by atoms with Gasteiger partial charge in [0.1, 0.15) is 5.15 Å². The second-order valence-electron chi connectivity index (χ2n) is 4.50. The van der Waals surface area contributed by atoms with Gasteiger partial charge in [0, 0.05) is 12.7 Å². The summed E-state index contributed by atoms with van der Waals surface area (Å²) in [4.78, 5) is 15.8. The van der Waals surface area contributed by atoms with E-state index in [-0.39, 0.29) is 5.91 Å². The van der Waals surface area contributed by atoms with Crippen molar-refractivity contribution in [2.24, 2.45) is 5.92 Å². The zero-order valence-electron chi connectivity index (χ0n) is 11.1. The first-order valence-electron chi connectivity index (χ1n) is 6.57. The lowest BCUT2D eigenvalue weighted by molar-refractivity contribution is 0.0945. The van der Waals surface area contributed by atoms with Crippen LogP contribution in [0.2, 0.25) is 5.15 Å². The molecule has 0 saturated carbocycles. The summed E-state index contributed by atoms with van der Waals surface area (Å²) in [6, 6.07) is 3.32. The largest absolute Gasteiger partial charge is 0.352 e. The lowest BCUT2D eigenvalue weighted by atomic mass is 9.99. The first-order valence-corrected chi connectivity index (χ1v) is 6.94. The van der Waals surface area contributed by atoms with Gasteiger partial charge in [0.25, 0.3) is 5.91 Å². The molecule has 0 aliphatic heterocycles. The molecule has 1 rings (SSSR count). The van der Waals surface area contributed by atoms with Crippen molar-refractivity contribution in [1.82, 2.24) is 10.3 Å². The highest BCUT2D eigenvalue weighted by atomic mass is 35.5. The molecule has 1 aromatic heterocycles. The maximum atomic E-state index is 11.9. The molecule has 100 valence electrons. The van der Waals surface area contributed by atoms with Gasteiger partial charge in [0.05, 0.1) is 5.56 Å². The minimum Gasteiger partial charge on any atom is -0.352 e. The summed E-state index contributed by atoms with van der Waals surface area (Å²) in [5.41, 5.74) is 0.560. The van der Waals surface area contributed by atoms with Crippen LogP contribution >= 0.6 is 11.6 Å². The van der Waals surface area contributed by atoms with Gasteiger partial charge in [-0.1, -0.05) is 44.7 Å². The molecule has 0 aliphatic rings. The molecule has 0 radical (unpaired) electrons. The lowest BCUT2D eigenvalue weighted by Crippen LogP contribution is -2.29. The molecule has 0 aliphatic carbocycles. The minimum atomic E-state index is -0.0749. The first-order chi connectivity index (χ1) is 8.67. The van der Waals surface area contributed by atoms with Crippen LogP contribution in [-0.2, 0) is 0 Å². The summed E-state index contributed by atoms with van der Waals surface area (Å²) in [5.74, 6) is 0.489. The van der Waals surface area contributed by atoms with Crippen molar-refractivity contribution in [1.29, 1.82) is 0 Å². The van der Waals surface area contributed by atoms with E-state index < -0.39 is 0 Å². The van der Waals surface area contributed by atoms with Crippen molar-refractivity contribution >= 4 is 17.5 Å². The molecule has 0 unspecified atom stereocenters. The van der Waals surface area contributed by atoms with Crippen LogP contribution in [0.1, 0.15) is 49.9 Å². The van der Waals surface area contributed by atoms with Crippen molar-refractivity contribution in [2.75, 3.05) is 6.54 Å². The Morgan fingerprint density at radius 3 is 2.78 bits per heavy atom. The fourth-order valence-electron chi connectivity index (χ4n) is 1.79. The fraction of sp³-hybridized carbons (Fsp3) is 0.571. The number of nitrogens with one attached hydrogen (secondary N) is 1. The number of carbonyl (C=O) groups is 1. The molecular weight excluding hydrogens is 248 g/mol. The maximum absolute atomic E-state index is 11.9. The molecule has 1 atom stereocenters. The highest BCUT2D eigenvalue weighted by Crippen LogP contribution is 2.11. The summed E-state index contributed by atoms with van der Waals surface area (Å²) < 4.78 is 0. The van der Waals surface area contributed by atoms with Gasteiger partial charge in [0.2, 0.25) is 0 Å². The number of unbranched alkanes of at least 4 members (excludes halogenated alkanes) is 1. The van der Waals surface area contributed by atoms with Crippen molar-refractivity contribution in [3.8, 4) is 0 Å². The molecule has 1 aromatic rings. The molecule has 0 bridgehead atoms. The molecule has 1 N–H and O–H groups in total. The maximum Gasteiger partial charge on any atom is 0.252 e. The highest BCUT2D eigenvalue weighted by Gasteiger charge is 2.10. The zero-order valence-corrected chi connectivity index (χ0v) is 11.8. The second-order valence-corrected chi connectivity index (χ2v) is 4.88. The van der Waals surface area contributed by atoms with Gasteiger partial charge in [-0.05, 0) is 24.5 Å². The third-order valence-corrected chi connectivity index (χ3v) is 3.31. The zero-order chi connectivity index (χ0) is 13.4. The van der Waals surface area contributed by atoms with Gasteiger partial charge >= 0.3 is 0 Å². The van der Waals surface area contributed by atoms with Crippen molar-refractivity contribution < 1.29 is 4.79 Å². The second kappa shape index (κ2) is 8.09. The third kappa shape index (κ3) is 5.05. The molecular formula is C14H21ClN2O. The van der Waals surface area contributed by atoms with Crippen LogP contribution in [0.15, 0.2) is 18.3 Å². The number of nitrogens with zero attached hydrogens (tertiary/aromatic N) is 1. The van der Waals surface area contributed by atoms with E-state index >= 15 is 0 Å². The van der Waals surface area contributed by atoms with Crippen LogP contribution in [0.4, 0.5) is 0 Å². The van der Waals surface area contributed by atoms with Crippen molar-refractivity contribution in [3.05, 3.63) is 29.0 Å². The smallest absolute Gasteiger partial charge is 0.252 e. The topological polar surface area (TPSA) is 42.0 Å². The van der Waals surface area contributed by atoms with Gasteiger partial charge < -0.3 is 5.32 Å². The Morgan fingerprint density at radius 2 is 2.22 bits per heavy atom. The van der Waals surface area contributed by atoms with Gasteiger partial charge in [-0.25, -0.2) is 4.98 Å². The number of aromatic nitrogens is 1. The quantitative estimate of drug-likeness (QED) is 0.767. The van der Waals surface area contributed by atoms with Crippen LogP contribution in [0, 0.1) is 5.92 Å². The number of rotatable bonds is 7. The Hall–Kier alpha value is -1.09. The molecule has 0 aromatic carbocycles.